The molecule has 0 bridgehead atoms. The Morgan fingerprint density at radius 2 is 1.40 bits per heavy atom. The van der Waals surface area contributed by atoms with Crippen molar-refractivity contribution in [2.24, 2.45) is 0 Å². The van der Waals surface area contributed by atoms with E-state index in [1.54, 1.807) is 59.3 Å². The highest BCUT2D eigenvalue weighted by Crippen LogP contribution is 2.11. The largest absolute Gasteiger partial charge is 0.389 e. The van der Waals surface area contributed by atoms with E-state index in [0.717, 1.165) is 0 Å². The van der Waals surface area contributed by atoms with Crippen LogP contribution < -0.4 is 0 Å². The highest BCUT2D eigenvalue weighted by atomic mass is 16.3. The normalized spacial score (nSPS) is 11.1. The summed E-state index contributed by atoms with van der Waals surface area (Å²) in [6, 6.07) is 6.51. The highest BCUT2D eigenvalue weighted by molar-refractivity contribution is 5.97. The van der Waals surface area contributed by atoms with Crippen molar-refractivity contribution in [3.05, 3.63) is 35.4 Å². The average molecular weight is 278 g/mol. The summed E-state index contributed by atoms with van der Waals surface area (Å²) in [5, 5.41) is 9.72. The number of likely N-dealkylation sites (N-methyl/N-ethyl adjacent to an activating group) is 1. The van der Waals surface area contributed by atoms with Crippen molar-refractivity contribution in [3.8, 4) is 0 Å². The third-order valence-electron chi connectivity index (χ3n) is 2.76. The van der Waals surface area contributed by atoms with Crippen molar-refractivity contribution in [1.29, 1.82) is 0 Å². The summed E-state index contributed by atoms with van der Waals surface area (Å²) in [5.74, 6) is -0.287. The molecule has 0 heterocycles. The fraction of sp³-hybridized carbons (Fsp3) is 0.467. The summed E-state index contributed by atoms with van der Waals surface area (Å²) in [5.41, 5.74) is 0.0920. The van der Waals surface area contributed by atoms with Crippen LogP contribution in [-0.2, 0) is 0 Å². The van der Waals surface area contributed by atoms with Crippen molar-refractivity contribution in [1.82, 2.24) is 9.80 Å². The van der Waals surface area contributed by atoms with Gasteiger partial charge >= 0.3 is 0 Å². The predicted octanol–water partition coefficient (Wildman–Crippen LogP) is 1.23. The van der Waals surface area contributed by atoms with Gasteiger partial charge in [0.05, 0.1) is 5.60 Å². The average Bonchev–Trinajstić information content (AvgIpc) is 2.35. The standard InChI is InChI=1S/C15H22N2O3/c1-15(2,20)10-17(5)14(19)12-8-6-11(7-9-12)13(18)16(3)4/h6-9,20H,10H2,1-5H3. The minimum Gasteiger partial charge on any atom is -0.389 e. The van der Waals surface area contributed by atoms with E-state index in [1.165, 1.54) is 9.80 Å². The Bertz CT molecular complexity index is 487. The SMILES string of the molecule is CN(C)C(=O)c1ccc(C(=O)N(C)CC(C)(C)O)cc1. The smallest absolute Gasteiger partial charge is 0.253 e. The summed E-state index contributed by atoms with van der Waals surface area (Å²) < 4.78 is 0. The van der Waals surface area contributed by atoms with E-state index in [9.17, 15) is 14.7 Å². The first-order valence-corrected chi connectivity index (χ1v) is 6.41. The molecule has 1 N–H and O–H groups in total. The lowest BCUT2D eigenvalue weighted by atomic mass is 10.1. The maximum Gasteiger partial charge on any atom is 0.253 e. The second kappa shape index (κ2) is 6.05. The fourth-order valence-corrected chi connectivity index (χ4v) is 1.89. The molecule has 0 aliphatic rings. The topological polar surface area (TPSA) is 60.9 Å². The van der Waals surface area contributed by atoms with Gasteiger partial charge in [-0.1, -0.05) is 0 Å². The molecule has 0 atom stereocenters. The molecular weight excluding hydrogens is 256 g/mol. The van der Waals surface area contributed by atoms with Gasteiger partial charge < -0.3 is 14.9 Å². The molecule has 1 rings (SSSR count). The van der Waals surface area contributed by atoms with Gasteiger partial charge in [-0.3, -0.25) is 9.59 Å². The van der Waals surface area contributed by atoms with E-state index < -0.39 is 5.60 Å². The fourth-order valence-electron chi connectivity index (χ4n) is 1.89. The van der Waals surface area contributed by atoms with E-state index in [2.05, 4.69) is 0 Å². The second-order valence-corrected chi connectivity index (χ2v) is 5.75. The Hall–Kier alpha value is -1.88. The molecule has 20 heavy (non-hydrogen) atoms. The van der Waals surface area contributed by atoms with E-state index in [-0.39, 0.29) is 18.4 Å². The molecule has 0 saturated heterocycles. The number of amides is 2. The Morgan fingerprint density at radius 3 is 1.75 bits per heavy atom. The van der Waals surface area contributed by atoms with Gasteiger partial charge in [-0.2, -0.15) is 0 Å². The van der Waals surface area contributed by atoms with Gasteiger partial charge in [0.1, 0.15) is 0 Å². The van der Waals surface area contributed by atoms with Crippen LogP contribution in [-0.4, -0.2) is 60.0 Å². The number of aliphatic hydroxyl groups is 1. The van der Waals surface area contributed by atoms with E-state index in [4.69, 9.17) is 0 Å². The van der Waals surface area contributed by atoms with Crippen LogP contribution in [0.5, 0.6) is 0 Å². The van der Waals surface area contributed by atoms with Crippen LogP contribution in [0.2, 0.25) is 0 Å². The Morgan fingerprint density at radius 1 is 1.00 bits per heavy atom. The number of nitrogens with zero attached hydrogens (tertiary/aromatic N) is 2. The third kappa shape index (κ3) is 4.35. The zero-order valence-corrected chi connectivity index (χ0v) is 12.7. The maximum atomic E-state index is 12.2. The summed E-state index contributed by atoms with van der Waals surface area (Å²) >= 11 is 0. The first-order valence-electron chi connectivity index (χ1n) is 6.41. The van der Waals surface area contributed by atoms with Crippen molar-refractivity contribution in [3.63, 3.8) is 0 Å². The maximum absolute atomic E-state index is 12.2. The van der Waals surface area contributed by atoms with Crippen LogP contribution >= 0.6 is 0 Å². The number of carbonyl (C=O) groups excluding carboxylic acids is 2. The predicted molar refractivity (Wildman–Crippen MR) is 77.7 cm³/mol. The molecule has 0 aromatic heterocycles. The Labute approximate surface area is 119 Å². The van der Waals surface area contributed by atoms with E-state index >= 15 is 0 Å². The summed E-state index contributed by atoms with van der Waals surface area (Å²) in [6.45, 7) is 3.54. The van der Waals surface area contributed by atoms with Gasteiger partial charge in [0, 0.05) is 38.8 Å². The summed E-state index contributed by atoms with van der Waals surface area (Å²) in [6.07, 6.45) is 0. The van der Waals surface area contributed by atoms with Crippen molar-refractivity contribution in [2.45, 2.75) is 19.4 Å². The zero-order valence-electron chi connectivity index (χ0n) is 12.7. The lowest BCUT2D eigenvalue weighted by molar-refractivity contribution is 0.0368. The number of rotatable bonds is 4. The molecule has 1 aromatic rings. The van der Waals surface area contributed by atoms with Gasteiger partial charge in [0.25, 0.3) is 11.8 Å². The molecule has 0 aliphatic carbocycles. The molecule has 0 fully saturated rings. The van der Waals surface area contributed by atoms with Crippen LogP contribution in [0.15, 0.2) is 24.3 Å². The summed E-state index contributed by atoms with van der Waals surface area (Å²) in [7, 11) is 5.00. The Kier molecular flexibility index (Phi) is 4.89. The van der Waals surface area contributed by atoms with Crippen LogP contribution in [0.3, 0.4) is 0 Å². The zero-order chi connectivity index (χ0) is 15.5. The molecule has 110 valence electrons. The minimum atomic E-state index is -0.939. The van der Waals surface area contributed by atoms with Crippen LogP contribution in [0.1, 0.15) is 34.6 Å². The van der Waals surface area contributed by atoms with Crippen molar-refractivity contribution in [2.75, 3.05) is 27.7 Å². The molecular formula is C15H22N2O3. The molecule has 0 radical (unpaired) electrons. The number of hydrogen-bond acceptors (Lipinski definition) is 3. The number of benzene rings is 1. The number of carbonyl (C=O) groups is 2. The van der Waals surface area contributed by atoms with Gasteiger partial charge in [0.2, 0.25) is 0 Å². The number of hydrogen-bond donors (Lipinski definition) is 1. The molecule has 0 aliphatic heterocycles. The van der Waals surface area contributed by atoms with Gasteiger partial charge in [-0.25, -0.2) is 0 Å². The lowest BCUT2D eigenvalue weighted by Gasteiger charge is -2.25. The molecule has 2 amide bonds. The Balaban J connectivity index is 2.83. The second-order valence-electron chi connectivity index (χ2n) is 5.75. The van der Waals surface area contributed by atoms with E-state index in [0.29, 0.717) is 11.1 Å². The van der Waals surface area contributed by atoms with Crippen molar-refractivity contribution < 1.29 is 14.7 Å². The molecule has 5 heteroatoms. The quantitative estimate of drug-likeness (QED) is 0.901. The third-order valence-corrected chi connectivity index (χ3v) is 2.76. The minimum absolute atomic E-state index is 0.103. The lowest BCUT2D eigenvalue weighted by Crippen LogP contribution is -2.39. The summed E-state index contributed by atoms with van der Waals surface area (Å²) in [4.78, 5) is 26.8. The molecule has 0 saturated carbocycles. The molecule has 0 spiro atoms. The first kappa shape index (κ1) is 16.2. The van der Waals surface area contributed by atoms with Gasteiger partial charge in [-0.15, -0.1) is 0 Å². The van der Waals surface area contributed by atoms with E-state index in [1.807, 2.05) is 0 Å². The first-order chi connectivity index (χ1) is 9.11. The van der Waals surface area contributed by atoms with Crippen LogP contribution in [0, 0.1) is 0 Å². The molecule has 1 aromatic carbocycles. The van der Waals surface area contributed by atoms with Crippen LogP contribution in [0.4, 0.5) is 0 Å². The monoisotopic (exact) mass is 278 g/mol. The van der Waals surface area contributed by atoms with Crippen LogP contribution in [0.25, 0.3) is 0 Å². The van der Waals surface area contributed by atoms with Crippen molar-refractivity contribution >= 4 is 11.8 Å². The highest BCUT2D eigenvalue weighted by Gasteiger charge is 2.20. The molecule has 0 unspecified atom stereocenters. The van der Waals surface area contributed by atoms with Gasteiger partial charge in [0.15, 0.2) is 0 Å². The molecule has 5 nitrogen and oxygen atoms in total. The van der Waals surface area contributed by atoms with Gasteiger partial charge in [-0.05, 0) is 38.1 Å².